The fraction of sp³-hybridized carbons (Fsp3) is 0.559. The highest BCUT2D eigenvalue weighted by atomic mass is 32.1. The number of amides is 1. The first-order chi connectivity index (χ1) is 22.5. The van der Waals surface area contributed by atoms with Gasteiger partial charge in [-0.15, -0.1) is 11.3 Å². The molecule has 10 nitrogen and oxygen atoms in total. The molecule has 4 saturated heterocycles. The lowest BCUT2D eigenvalue weighted by Crippen LogP contribution is -2.57. The van der Waals surface area contributed by atoms with E-state index in [2.05, 4.69) is 24.8 Å². The summed E-state index contributed by atoms with van der Waals surface area (Å²) in [5.41, 5.74) is 0.290. The number of pyridine rings is 1. The fourth-order valence-corrected chi connectivity index (χ4v) is 8.99. The number of carbonyl (C=O) groups is 1. The number of aromatic nitrogens is 4. The van der Waals surface area contributed by atoms with Crippen LogP contribution in [0.2, 0.25) is 0 Å². The molecule has 0 saturated carbocycles. The second kappa shape index (κ2) is 11.2. The van der Waals surface area contributed by atoms with E-state index in [1.165, 1.54) is 23.5 Å². The van der Waals surface area contributed by atoms with Gasteiger partial charge in [0, 0.05) is 24.8 Å². The quantitative estimate of drug-likeness (QED) is 0.238. The minimum atomic E-state index is -0.633. The van der Waals surface area contributed by atoms with Gasteiger partial charge in [0.25, 0.3) is 0 Å². The van der Waals surface area contributed by atoms with E-state index in [0.29, 0.717) is 51.7 Å². The molecular weight excluding hydrogens is 624 g/mol. The Morgan fingerprint density at radius 3 is 2.47 bits per heavy atom. The monoisotopic (exact) mass is 663 g/mol. The van der Waals surface area contributed by atoms with Gasteiger partial charge in [0.2, 0.25) is 0 Å². The molecule has 7 heterocycles. The molecule has 0 radical (unpaired) electrons. The van der Waals surface area contributed by atoms with Crippen molar-refractivity contribution in [1.82, 2.24) is 29.7 Å². The first-order valence-corrected chi connectivity index (χ1v) is 17.4. The molecule has 2 unspecified atom stereocenters. The number of thiazole rings is 1. The van der Waals surface area contributed by atoms with E-state index < -0.39 is 17.2 Å². The van der Waals surface area contributed by atoms with Gasteiger partial charge in [-0.05, 0) is 91.4 Å². The summed E-state index contributed by atoms with van der Waals surface area (Å²) in [5.74, 6) is -0.501. The number of anilines is 1. The normalized spacial score (nSPS) is 22.4. The highest BCUT2D eigenvalue weighted by molar-refractivity contribution is 7.18. The molecule has 2 bridgehead atoms. The van der Waals surface area contributed by atoms with Crippen LogP contribution in [0.25, 0.3) is 32.4 Å². The number of nitrogens with zero attached hydrogens (tertiary/aromatic N) is 7. The van der Waals surface area contributed by atoms with Crippen molar-refractivity contribution in [3.05, 3.63) is 35.0 Å². The molecule has 2 atom stereocenters. The van der Waals surface area contributed by atoms with Crippen LogP contribution in [-0.4, -0.2) is 91.8 Å². The number of ether oxygens (including phenoxy) is 2. The molecule has 0 aliphatic carbocycles. The van der Waals surface area contributed by atoms with Gasteiger partial charge >= 0.3 is 12.1 Å². The summed E-state index contributed by atoms with van der Waals surface area (Å²) in [5, 5.41) is 1.14. The topological polar surface area (TPSA) is 96.8 Å². The summed E-state index contributed by atoms with van der Waals surface area (Å²) in [6.45, 7) is 11.0. The first-order valence-electron chi connectivity index (χ1n) is 16.6. The summed E-state index contributed by atoms with van der Waals surface area (Å²) >= 11 is 1.23. The van der Waals surface area contributed by atoms with Crippen molar-refractivity contribution in [3.8, 4) is 17.3 Å². The van der Waals surface area contributed by atoms with Gasteiger partial charge in [-0.3, -0.25) is 14.8 Å². The maximum absolute atomic E-state index is 16.7. The van der Waals surface area contributed by atoms with Crippen molar-refractivity contribution in [1.29, 1.82) is 0 Å². The molecular formula is C34H39F2N7O3S. The Bertz CT molecular complexity index is 1870. The van der Waals surface area contributed by atoms with Crippen LogP contribution in [0.3, 0.4) is 0 Å². The van der Waals surface area contributed by atoms with Crippen molar-refractivity contribution >= 4 is 44.4 Å². The minimum absolute atomic E-state index is 0.0409. The van der Waals surface area contributed by atoms with Crippen molar-refractivity contribution in [2.75, 3.05) is 37.7 Å². The lowest BCUT2D eigenvalue weighted by atomic mass is 9.95. The van der Waals surface area contributed by atoms with E-state index in [1.54, 1.807) is 13.1 Å². The Morgan fingerprint density at radius 2 is 1.77 bits per heavy atom. The summed E-state index contributed by atoms with van der Waals surface area (Å²) in [7, 11) is 0. The van der Waals surface area contributed by atoms with Crippen LogP contribution in [0.1, 0.15) is 64.3 Å². The predicted molar refractivity (Wildman–Crippen MR) is 176 cm³/mol. The molecule has 47 heavy (non-hydrogen) atoms. The second-order valence-electron chi connectivity index (χ2n) is 14.4. The van der Waals surface area contributed by atoms with Gasteiger partial charge in [-0.1, -0.05) is 0 Å². The van der Waals surface area contributed by atoms with E-state index >= 15 is 4.39 Å². The molecule has 13 heteroatoms. The lowest BCUT2D eigenvalue weighted by Gasteiger charge is -2.42. The molecule has 4 aliphatic heterocycles. The maximum Gasteiger partial charge on any atom is 0.410 e. The van der Waals surface area contributed by atoms with Crippen molar-refractivity contribution in [2.24, 2.45) is 0 Å². The van der Waals surface area contributed by atoms with Crippen LogP contribution in [0.5, 0.6) is 6.01 Å². The Morgan fingerprint density at radius 1 is 1.04 bits per heavy atom. The Labute approximate surface area is 276 Å². The third-order valence-corrected chi connectivity index (χ3v) is 11.1. The van der Waals surface area contributed by atoms with Crippen molar-refractivity contribution in [2.45, 2.75) is 89.4 Å². The van der Waals surface area contributed by atoms with Gasteiger partial charge in [-0.25, -0.2) is 18.6 Å². The molecule has 0 N–H and O–H groups in total. The largest absolute Gasteiger partial charge is 0.461 e. The molecule has 1 amide bonds. The number of carbonyl (C=O) groups excluding carboxylic acids is 1. The van der Waals surface area contributed by atoms with Gasteiger partial charge in [-0.2, -0.15) is 9.97 Å². The minimum Gasteiger partial charge on any atom is -0.461 e. The Kier molecular flexibility index (Phi) is 7.28. The zero-order chi connectivity index (χ0) is 32.7. The zero-order valence-corrected chi connectivity index (χ0v) is 28.0. The summed E-state index contributed by atoms with van der Waals surface area (Å²) < 4.78 is 43.9. The van der Waals surface area contributed by atoms with Crippen LogP contribution in [-0.2, 0) is 4.74 Å². The van der Waals surface area contributed by atoms with Crippen LogP contribution in [0.4, 0.5) is 19.4 Å². The number of hydrogen-bond donors (Lipinski definition) is 0. The molecule has 4 aliphatic rings. The van der Waals surface area contributed by atoms with Gasteiger partial charge in [0.05, 0.1) is 38.2 Å². The molecule has 4 aromatic rings. The molecule has 4 fully saturated rings. The average Bonchev–Trinajstić information content (AvgIpc) is 3.77. The third kappa shape index (κ3) is 5.26. The third-order valence-electron chi connectivity index (χ3n) is 10.2. The van der Waals surface area contributed by atoms with Gasteiger partial charge in [0.1, 0.15) is 35.1 Å². The fourth-order valence-electron chi connectivity index (χ4n) is 8.14. The molecule has 3 aromatic heterocycles. The van der Waals surface area contributed by atoms with E-state index in [0.717, 1.165) is 51.6 Å². The average molecular weight is 664 g/mol. The van der Waals surface area contributed by atoms with Gasteiger partial charge in [0.15, 0.2) is 5.82 Å². The smallest absolute Gasteiger partial charge is 0.410 e. The second-order valence-corrected chi connectivity index (χ2v) is 15.6. The highest BCUT2D eigenvalue weighted by Crippen LogP contribution is 2.41. The van der Waals surface area contributed by atoms with Gasteiger partial charge < -0.3 is 14.4 Å². The Hall–Kier alpha value is -3.71. The van der Waals surface area contributed by atoms with E-state index in [-0.39, 0.29) is 40.9 Å². The number of fused-ring (bicyclic) bond motifs is 5. The predicted octanol–water partition coefficient (Wildman–Crippen LogP) is 6.48. The van der Waals surface area contributed by atoms with Crippen LogP contribution in [0, 0.1) is 18.6 Å². The molecule has 0 spiro atoms. The number of benzene rings is 1. The standard InChI is InChI=1S/C34H39F2N7O3S/c1-19-38-28-22(9-10-24(35)29(28)47-19)26-25(36)27-23(15-37-26)30(40-31(39-27)45-18-34-11-5-13-42(34)14-6-12-34)41-16-20-7-8-21(17-41)43(20)32(44)46-33(2,3)4/h9-10,15,20-21H,5-8,11-14,16-18H2,1-4H3. The van der Waals surface area contributed by atoms with E-state index in [1.807, 2.05) is 25.7 Å². The van der Waals surface area contributed by atoms with E-state index in [9.17, 15) is 9.18 Å². The number of rotatable bonds is 5. The first kappa shape index (κ1) is 30.6. The molecule has 248 valence electrons. The van der Waals surface area contributed by atoms with Crippen LogP contribution >= 0.6 is 11.3 Å². The summed E-state index contributed by atoms with van der Waals surface area (Å²) in [4.78, 5) is 38.3. The van der Waals surface area contributed by atoms with Crippen molar-refractivity contribution in [3.63, 3.8) is 0 Å². The van der Waals surface area contributed by atoms with Crippen molar-refractivity contribution < 1.29 is 23.0 Å². The lowest BCUT2D eigenvalue weighted by molar-refractivity contribution is 0.0122. The zero-order valence-electron chi connectivity index (χ0n) is 27.2. The SMILES string of the molecule is Cc1nc2c(-c3ncc4c(N5CC6CCC(C5)N6C(=O)OC(C)(C)C)nc(OCC56CCCN5CCC6)nc4c3F)ccc(F)c2s1. The summed E-state index contributed by atoms with van der Waals surface area (Å²) in [6, 6.07) is 2.83. The van der Waals surface area contributed by atoms with Crippen LogP contribution < -0.4 is 9.64 Å². The Balaban J connectivity index is 1.19. The van der Waals surface area contributed by atoms with E-state index in [4.69, 9.17) is 14.5 Å². The number of aryl methyl sites for hydroxylation is 1. The maximum atomic E-state index is 16.7. The number of piperazine rings is 1. The number of halogens is 2. The molecule has 1 aromatic carbocycles. The van der Waals surface area contributed by atoms with Crippen LogP contribution in [0.15, 0.2) is 18.3 Å². The molecule has 8 rings (SSSR count). The summed E-state index contributed by atoms with van der Waals surface area (Å²) in [6.07, 6.45) is 7.34. The number of hydrogen-bond acceptors (Lipinski definition) is 10. The highest BCUT2D eigenvalue weighted by Gasteiger charge is 2.46.